The predicted molar refractivity (Wildman–Crippen MR) is 563 cm³/mol. The molecule has 0 aliphatic carbocycles. The van der Waals surface area contributed by atoms with Crippen LogP contribution in [-0.4, -0.2) is 72.2 Å². The summed E-state index contributed by atoms with van der Waals surface area (Å²) in [5, 5.41) is 5.98. The average molecular weight is 2570 g/mol. The van der Waals surface area contributed by atoms with Crippen molar-refractivity contribution in [3.63, 3.8) is 0 Å². The summed E-state index contributed by atoms with van der Waals surface area (Å²) in [4.78, 5) is 33.9. The van der Waals surface area contributed by atoms with Crippen molar-refractivity contribution in [2.24, 2.45) is 17.3 Å². The molecule has 16 rings (SSSR count). The summed E-state index contributed by atoms with van der Waals surface area (Å²) in [6.45, 7) is 47.0. The van der Waals surface area contributed by atoms with Gasteiger partial charge >= 0.3 is 0 Å². The van der Waals surface area contributed by atoms with Crippen LogP contribution in [-0.2, 0) is 106 Å². The SMILES string of the molecule is CC(C)(C)Cc1cc(-c2[c-]cccc2)ncc1[Si](C)(C)C.CC(C)Cc1cc(-c2[c-]cccc2)ncc1[Si](C)(C)C.CC(C)Cc1cc(-c2[c-]cccc2)ncc1[Si](C)(C)C.CCCCCc1cc(-c2[c-]cccc2)ncc1[Si](C)(C)C.[2H]c1[c-]c(-c2nc([2H])c([2H])c([2H])c2[2H])cc([2H])c1[2H].[2H]c1[c-]c(-c2nc([2H])c([2H])c([2H])c2[2H])cc([2H])c1[2H].[2H]c1nc(-c2[c-]cccc2)c([2H])c([2H])c1[2H].[2H]c1nc(-c2[c-]cccc2)c([2H])c([2H])c1[2H].[Ir].[Ir].[Ir].[Ir]. The Hall–Kier alpha value is -9.58. The Balaban J connectivity index is 0.000000312. The van der Waals surface area contributed by atoms with Gasteiger partial charge < -0.3 is 39.9 Å². The largest absolute Gasteiger partial charge is 0.305 e. The number of benzene rings is 8. The minimum absolute atomic E-state index is 0. The molecule has 4 radical (unpaired) electrons. The van der Waals surface area contributed by atoms with Crippen molar-refractivity contribution in [3.8, 4) is 90.1 Å². The number of rotatable bonds is 21. The van der Waals surface area contributed by atoms with E-state index in [4.69, 9.17) is 40.1 Å². The summed E-state index contributed by atoms with van der Waals surface area (Å²) in [7, 11) is -5.39. The molecule has 16 aromatic rings. The fraction of sp³-hybridized carbons (Fsp3) is 0.254. The van der Waals surface area contributed by atoms with E-state index in [2.05, 4.69) is 292 Å². The molecule has 0 fully saturated rings. The standard InChI is InChI=1S/2C19H26NSi.2C18H24NSi.4C11H8N.4Ir/c1-19(2,3)13-16-12-17(15-10-8-7-9-11-15)20-14-18(16)21(4,5)6;1-5-6-8-13-17-14-18(16-11-9-7-10-12-16)20-15-19(17)21(2,3)4;2*1-14(2)11-16-12-17(15-9-7-6-8-10-15)19-13-18(16)20(3,4)5;4*1-2-6-10(7-3-1)11-8-4-5-9-12-11;;;;/h7-10,12,14H,13H2,1-6H3;7,9-11,14-15H,5-6,8,13H2,1-4H3;2*6-9,12-14H,11H2,1-5H3;4*1-6,8-9H;;;;/q8*-1;;;;/i;;;;2*1D,2D,3D,4D,5D,8D,9D;2*4D,5D,8D,9D;;;;. The van der Waals surface area contributed by atoms with Crippen LogP contribution in [0.25, 0.3) is 90.1 Å². The summed E-state index contributed by atoms with van der Waals surface area (Å²) in [6, 6.07) is 76.1. The molecule has 0 aliphatic rings. The molecule has 8 aromatic heterocycles. The van der Waals surface area contributed by atoms with Crippen LogP contribution in [0.4, 0.5) is 0 Å². The molecule has 0 aliphatic heterocycles. The molecular weight excluding hydrogens is 2410 g/mol. The summed E-state index contributed by atoms with van der Waals surface area (Å²) in [6.07, 6.45) is 15.4. The fourth-order valence-electron chi connectivity index (χ4n) is 13.5. The third-order valence-electron chi connectivity index (χ3n) is 19.6. The summed E-state index contributed by atoms with van der Waals surface area (Å²) in [5.41, 5.74) is 16.4. The van der Waals surface area contributed by atoms with Crippen molar-refractivity contribution in [2.75, 3.05) is 0 Å². The van der Waals surface area contributed by atoms with Gasteiger partial charge in [-0.25, -0.2) is 0 Å². The van der Waals surface area contributed by atoms with Crippen LogP contribution in [0.15, 0.2) is 340 Å². The van der Waals surface area contributed by atoms with Gasteiger partial charge in [-0.05, 0) is 143 Å². The molecule has 16 heteroatoms. The molecular formula is C118H132Ir4N8Si4-8. The number of aryl methyl sites for hydroxylation is 1. The van der Waals surface area contributed by atoms with Crippen LogP contribution in [0, 0.1) is 65.8 Å². The summed E-state index contributed by atoms with van der Waals surface area (Å²) in [5.74, 6) is 1.33. The topological polar surface area (TPSA) is 103 Å². The Morgan fingerprint density at radius 3 is 0.791 bits per heavy atom. The Kier molecular flexibility index (Phi) is 36.7. The second kappa shape index (κ2) is 58.8. The van der Waals surface area contributed by atoms with Gasteiger partial charge in [-0.2, -0.15) is 0 Å². The van der Waals surface area contributed by atoms with Crippen molar-refractivity contribution < 1.29 is 111 Å². The van der Waals surface area contributed by atoms with Crippen LogP contribution in [0.5, 0.6) is 0 Å². The van der Waals surface area contributed by atoms with Crippen LogP contribution in [0.3, 0.4) is 0 Å². The van der Waals surface area contributed by atoms with Gasteiger partial charge in [0.15, 0.2) is 0 Å². The second-order valence-corrected chi connectivity index (χ2v) is 57.1. The number of nitrogens with zero attached hydrogens (tertiary/aromatic N) is 8. The van der Waals surface area contributed by atoms with E-state index < -0.39 is 68.8 Å². The van der Waals surface area contributed by atoms with Gasteiger partial charge in [0, 0.05) is 135 Å². The van der Waals surface area contributed by atoms with Crippen molar-refractivity contribution in [3.05, 3.63) is 411 Å². The van der Waals surface area contributed by atoms with E-state index in [1.54, 1.807) is 48.5 Å². The first-order valence-corrected chi connectivity index (χ1v) is 57.9. The minimum atomic E-state index is -1.37. The first-order chi connectivity index (χ1) is 71.3. The van der Waals surface area contributed by atoms with E-state index >= 15 is 0 Å². The van der Waals surface area contributed by atoms with E-state index in [1.807, 2.05) is 66.7 Å². The zero-order valence-corrected chi connectivity index (χ0v) is 93.7. The maximum Gasteiger partial charge on any atom is 0.0830 e. The molecule has 8 nitrogen and oxygen atoms in total. The van der Waals surface area contributed by atoms with Crippen molar-refractivity contribution >= 4 is 53.0 Å². The molecule has 704 valence electrons. The molecule has 8 aromatic carbocycles. The third kappa shape index (κ3) is 40.0. The molecule has 0 N–H and O–H groups in total. The minimum Gasteiger partial charge on any atom is -0.305 e. The predicted octanol–water partition coefficient (Wildman–Crippen LogP) is 28.3. The molecule has 134 heavy (non-hydrogen) atoms. The average Bonchev–Trinajstić information content (AvgIpc) is 0.780. The van der Waals surface area contributed by atoms with Gasteiger partial charge in [-0.3, -0.25) is 0 Å². The van der Waals surface area contributed by atoms with Crippen molar-refractivity contribution in [2.45, 2.75) is 179 Å². The molecule has 8 heterocycles. The van der Waals surface area contributed by atoms with Crippen LogP contribution in [0.2, 0.25) is 78.6 Å². The quantitative estimate of drug-likeness (QED) is 0.0398. The van der Waals surface area contributed by atoms with E-state index in [-0.39, 0.29) is 217 Å². The van der Waals surface area contributed by atoms with Crippen LogP contribution < -0.4 is 20.7 Å². The molecule has 0 saturated carbocycles. The number of hydrogen-bond donors (Lipinski definition) is 0. The van der Waals surface area contributed by atoms with E-state index in [0.29, 0.717) is 23.0 Å². The second-order valence-electron chi connectivity index (χ2n) is 36.9. The summed E-state index contributed by atoms with van der Waals surface area (Å²) < 4.78 is 165. The van der Waals surface area contributed by atoms with Gasteiger partial charge in [0.25, 0.3) is 0 Å². The maximum absolute atomic E-state index is 7.72. The van der Waals surface area contributed by atoms with E-state index in [1.165, 1.54) is 80.8 Å². The Morgan fingerprint density at radius 1 is 0.291 bits per heavy atom. The number of aromatic nitrogens is 8. The fourth-order valence-corrected chi connectivity index (χ4v) is 19.9. The van der Waals surface area contributed by atoms with Crippen molar-refractivity contribution in [1.82, 2.24) is 39.9 Å². The number of pyridine rings is 8. The number of unbranched alkanes of at least 4 members (excludes halogenated alkanes) is 2. The molecule has 0 amide bonds. The van der Waals surface area contributed by atoms with Crippen molar-refractivity contribution in [1.29, 1.82) is 0 Å². The Morgan fingerprint density at radius 2 is 0.545 bits per heavy atom. The van der Waals surface area contributed by atoms with Gasteiger partial charge in [-0.1, -0.05) is 242 Å². The molecule has 0 saturated heterocycles. The maximum atomic E-state index is 7.72. The van der Waals surface area contributed by atoms with Gasteiger partial charge in [0.1, 0.15) is 0 Å². The smallest absolute Gasteiger partial charge is 0.0830 e. The number of hydrogen-bond acceptors (Lipinski definition) is 8. The Bertz CT molecular complexity index is 6980. The van der Waals surface area contributed by atoms with Crippen LogP contribution in [0.1, 0.15) is 127 Å². The molecule has 0 bridgehead atoms. The first-order valence-electron chi connectivity index (χ1n) is 54.9. The zero-order chi connectivity index (χ0) is 113. The zero-order valence-electron chi connectivity index (χ0n) is 102. The Labute approximate surface area is 893 Å². The normalized spacial score (nSPS) is 13.1. The van der Waals surface area contributed by atoms with Crippen LogP contribution >= 0.6 is 0 Å². The molecule has 0 atom stereocenters. The molecule has 0 unspecified atom stereocenters. The van der Waals surface area contributed by atoms with Gasteiger partial charge in [-0.15, -0.1) is 287 Å². The van der Waals surface area contributed by atoms with Gasteiger partial charge in [0.05, 0.1) is 54.2 Å². The third-order valence-corrected chi connectivity index (χ3v) is 27.8. The monoisotopic (exact) mass is 2570 g/mol. The molecule has 0 spiro atoms. The van der Waals surface area contributed by atoms with E-state index in [0.717, 1.165) is 64.3 Å². The van der Waals surface area contributed by atoms with Gasteiger partial charge in [0.2, 0.25) is 0 Å². The first kappa shape index (κ1) is 83.8. The summed E-state index contributed by atoms with van der Waals surface area (Å²) >= 11 is 0. The van der Waals surface area contributed by atoms with E-state index in [9.17, 15) is 0 Å².